The minimum Gasteiger partial charge on any atom is -0.359 e. The van der Waals surface area contributed by atoms with Crippen molar-refractivity contribution in [2.45, 2.75) is 31.7 Å². The normalized spacial score (nSPS) is 17.8. The van der Waals surface area contributed by atoms with Crippen LogP contribution in [0.25, 0.3) is 0 Å². The lowest BCUT2D eigenvalue weighted by Gasteiger charge is -2.28. The van der Waals surface area contributed by atoms with Gasteiger partial charge in [-0.15, -0.1) is 0 Å². The second-order valence-electron chi connectivity index (χ2n) is 7.56. The van der Waals surface area contributed by atoms with E-state index in [0.717, 1.165) is 6.07 Å². The number of amides is 3. The summed E-state index contributed by atoms with van der Waals surface area (Å²) in [5, 5.41) is 19.1. The molecule has 0 aliphatic heterocycles. The molecule has 0 saturated heterocycles. The van der Waals surface area contributed by atoms with E-state index < -0.39 is 10.8 Å². The molecular weight excluding hydrogens is 436 g/mol. The monoisotopic (exact) mass is 458 g/mol. The van der Waals surface area contributed by atoms with Crippen LogP contribution in [0, 0.1) is 16.0 Å². The fraction of sp³-hybridized carbons (Fsp3) is 0.318. The SMILES string of the molecule is CNC(=O)C1CCC(NC(=O)c2ccccc2NC(=O)c2ccc([N+](=O)[O-])cc2Cl)CC1. The summed E-state index contributed by atoms with van der Waals surface area (Å²) < 4.78 is 0. The van der Waals surface area contributed by atoms with E-state index in [0.29, 0.717) is 31.4 Å². The summed E-state index contributed by atoms with van der Waals surface area (Å²) in [6, 6.07) is 10.1. The zero-order chi connectivity index (χ0) is 23.3. The zero-order valence-corrected chi connectivity index (χ0v) is 18.1. The van der Waals surface area contributed by atoms with Crippen LogP contribution in [0.2, 0.25) is 5.02 Å². The molecule has 1 aliphatic rings. The smallest absolute Gasteiger partial charge is 0.270 e. The Hall–Kier alpha value is -3.46. The molecule has 0 bridgehead atoms. The molecule has 168 valence electrons. The lowest BCUT2D eigenvalue weighted by Crippen LogP contribution is -2.40. The first-order valence-corrected chi connectivity index (χ1v) is 10.5. The van der Waals surface area contributed by atoms with E-state index in [4.69, 9.17) is 11.6 Å². The van der Waals surface area contributed by atoms with E-state index in [9.17, 15) is 24.5 Å². The van der Waals surface area contributed by atoms with Gasteiger partial charge in [0.2, 0.25) is 5.91 Å². The van der Waals surface area contributed by atoms with Gasteiger partial charge in [0.05, 0.1) is 26.8 Å². The topological polar surface area (TPSA) is 130 Å². The van der Waals surface area contributed by atoms with E-state index in [1.165, 1.54) is 12.1 Å². The minimum absolute atomic E-state index is 0.0211. The summed E-state index contributed by atoms with van der Waals surface area (Å²) in [7, 11) is 1.62. The summed E-state index contributed by atoms with van der Waals surface area (Å²) in [6.07, 6.45) is 2.77. The zero-order valence-electron chi connectivity index (χ0n) is 17.4. The largest absolute Gasteiger partial charge is 0.359 e. The molecule has 0 heterocycles. The molecule has 0 atom stereocenters. The number of carbonyl (C=O) groups is 3. The quantitative estimate of drug-likeness (QED) is 0.450. The molecule has 1 saturated carbocycles. The van der Waals surface area contributed by atoms with Crippen LogP contribution in [0.4, 0.5) is 11.4 Å². The van der Waals surface area contributed by atoms with Crippen LogP contribution < -0.4 is 16.0 Å². The molecule has 0 unspecified atom stereocenters. The summed E-state index contributed by atoms with van der Waals surface area (Å²) in [5.41, 5.74) is 0.410. The average molecular weight is 459 g/mol. The van der Waals surface area contributed by atoms with Crippen LogP contribution >= 0.6 is 11.6 Å². The van der Waals surface area contributed by atoms with Gasteiger partial charge in [-0.2, -0.15) is 0 Å². The van der Waals surface area contributed by atoms with Gasteiger partial charge in [-0.3, -0.25) is 24.5 Å². The second kappa shape index (κ2) is 10.2. The van der Waals surface area contributed by atoms with Crippen molar-refractivity contribution in [3.63, 3.8) is 0 Å². The number of para-hydroxylation sites is 1. The highest BCUT2D eigenvalue weighted by atomic mass is 35.5. The number of hydrogen-bond donors (Lipinski definition) is 3. The van der Waals surface area contributed by atoms with Gasteiger partial charge in [-0.1, -0.05) is 23.7 Å². The maximum atomic E-state index is 12.9. The minimum atomic E-state index is -0.602. The van der Waals surface area contributed by atoms with Crippen molar-refractivity contribution in [2.24, 2.45) is 5.92 Å². The molecule has 9 nitrogen and oxygen atoms in total. The van der Waals surface area contributed by atoms with Crippen molar-refractivity contribution in [2.75, 3.05) is 12.4 Å². The van der Waals surface area contributed by atoms with Crippen LogP contribution in [0.3, 0.4) is 0 Å². The fourth-order valence-corrected chi connectivity index (χ4v) is 4.01. The van der Waals surface area contributed by atoms with Gasteiger partial charge in [-0.05, 0) is 43.9 Å². The molecule has 2 aromatic rings. The van der Waals surface area contributed by atoms with E-state index >= 15 is 0 Å². The molecular formula is C22H23ClN4O5. The van der Waals surface area contributed by atoms with Crippen LogP contribution in [-0.2, 0) is 4.79 Å². The number of nitrogens with one attached hydrogen (secondary N) is 3. The molecule has 3 rings (SSSR count). The molecule has 0 aromatic heterocycles. The number of hydrogen-bond acceptors (Lipinski definition) is 5. The maximum absolute atomic E-state index is 12.9. The molecule has 3 N–H and O–H groups in total. The number of anilines is 1. The third-order valence-electron chi connectivity index (χ3n) is 5.51. The van der Waals surface area contributed by atoms with Gasteiger partial charge in [0.25, 0.3) is 17.5 Å². The van der Waals surface area contributed by atoms with Gasteiger partial charge in [0, 0.05) is 31.1 Å². The van der Waals surface area contributed by atoms with Crippen molar-refractivity contribution in [1.29, 1.82) is 0 Å². The number of non-ortho nitro benzene ring substituents is 1. The lowest BCUT2D eigenvalue weighted by molar-refractivity contribution is -0.384. The summed E-state index contributed by atoms with van der Waals surface area (Å²) >= 11 is 6.04. The summed E-state index contributed by atoms with van der Waals surface area (Å²) in [5.74, 6) is -0.936. The molecule has 3 amide bonds. The standard InChI is InChI=1S/C22H23ClN4O5/c1-24-20(28)13-6-8-14(9-7-13)25-22(30)17-4-2-3-5-19(17)26-21(29)16-11-10-15(27(31)32)12-18(16)23/h2-5,10-14H,6-9H2,1H3,(H,24,28)(H,25,30)(H,26,29). The average Bonchev–Trinajstić information content (AvgIpc) is 2.79. The molecule has 1 aliphatic carbocycles. The number of benzene rings is 2. The first kappa shape index (κ1) is 23.2. The van der Waals surface area contributed by atoms with Crippen molar-refractivity contribution < 1.29 is 19.3 Å². The van der Waals surface area contributed by atoms with Gasteiger partial charge in [0.1, 0.15) is 0 Å². The third-order valence-corrected chi connectivity index (χ3v) is 5.82. The number of rotatable bonds is 6. The number of nitro benzene ring substituents is 1. The number of nitrogens with zero attached hydrogens (tertiary/aromatic N) is 1. The van der Waals surface area contributed by atoms with Crippen LogP contribution in [0.1, 0.15) is 46.4 Å². The second-order valence-corrected chi connectivity index (χ2v) is 7.96. The first-order chi connectivity index (χ1) is 15.3. The van der Waals surface area contributed by atoms with Gasteiger partial charge in [-0.25, -0.2) is 0 Å². The van der Waals surface area contributed by atoms with Crippen molar-refractivity contribution >= 4 is 40.7 Å². The van der Waals surface area contributed by atoms with Crippen LogP contribution in [0.15, 0.2) is 42.5 Å². The molecule has 0 radical (unpaired) electrons. The van der Waals surface area contributed by atoms with E-state index in [-0.39, 0.29) is 45.6 Å². The van der Waals surface area contributed by atoms with Gasteiger partial charge in [0.15, 0.2) is 0 Å². The highest BCUT2D eigenvalue weighted by molar-refractivity contribution is 6.34. The predicted molar refractivity (Wildman–Crippen MR) is 120 cm³/mol. The Morgan fingerprint density at radius 1 is 1.00 bits per heavy atom. The predicted octanol–water partition coefficient (Wildman–Crippen LogP) is 3.54. The Kier molecular flexibility index (Phi) is 7.42. The molecule has 32 heavy (non-hydrogen) atoms. The van der Waals surface area contributed by atoms with E-state index in [1.54, 1.807) is 31.3 Å². The van der Waals surface area contributed by atoms with Crippen LogP contribution in [0.5, 0.6) is 0 Å². The first-order valence-electron chi connectivity index (χ1n) is 10.2. The highest BCUT2D eigenvalue weighted by Crippen LogP contribution is 2.26. The number of carbonyl (C=O) groups excluding carboxylic acids is 3. The highest BCUT2D eigenvalue weighted by Gasteiger charge is 2.27. The van der Waals surface area contributed by atoms with Crippen molar-refractivity contribution in [1.82, 2.24) is 10.6 Å². The van der Waals surface area contributed by atoms with Gasteiger partial charge < -0.3 is 16.0 Å². The Balaban J connectivity index is 1.68. The van der Waals surface area contributed by atoms with Crippen molar-refractivity contribution in [3.8, 4) is 0 Å². The Labute approximate surface area is 189 Å². The molecule has 10 heteroatoms. The van der Waals surface area contributed by atoms with Gasteiger partial charge >= 0.3 is 0 Å². The molecule has 0 spiro atoms. The van der Waals surface area contributed by atoms with E-state index in [1.807, 2.05) is 0 Å². The number of halogens is 1. The Morgan fingerprint density at radius 3 is 2.31 bits per heavy atom. The van der Waals surface area contributed by atoms with Crippen molar-refractivity contribution in [3.05, 3.63) is 68.7 Å². The number of nitro groups is 1. The molecule has 2 aromatic carbocycles. The summed E-state index contributed by atoms with van der Waals surface area (Å²) in [4.78, 5) is 47.6. The fourth-order valence-electron chi connectivity index (χ4n) is 3.75. The lowest BCUT2D eigenvalue weighted by atomic mass is 9.85. The Bertz CT molecular complexity index is 1050. The van der Waals surface area contributed by atoms with Crippen LogP contribution in [-0.4, -0.2) is 35.7 Å². The maximum Gasteiger partial charge on any atom is 0.270 e. The van der Waals surface area contributed by atoms with E-state index in [2.05, 4.69) is 16.0 Å². The summed E-state index contributed by atoms with van der Waals surface area (Å²) in [6.45, 7) is 0. The third kappa shape index (κ3) is 5.42. The Morgan fingerprint density at radius 2 is 1.69 bits per heavy atom. The molecule has 1 fully saturated rings.